The molecule has 3 fully saturated rings. The van der Waals surface area contributed by atoms with E-state index >= 15 is 0 Å². The minimum absolute atomic E-state index is 0. The monoisotopic (exact) mass is 1430 g/mol. The van der Waals surface area contributed by atoms with E-state index in [1.54, 1.807) is 0 Å². The molecule has 20 heteroatoms. The summed E-state index contributed by atoms with van der Waals surface area (Å²) in [5, 5.41) is 1.66. The Morgan fingerprint density at radius 3 is 1.10 bits per heavy atom. The summed E-state index contributed by atoms with van der Waals surface area (Å²) < 4.78 is 42.6. The van der Waals surface area contributed by atoms with Crippen molar-refractivity contribution in [3.05, 3.63) is 122 Å². The van der Waals surface area contributed by atoms with Gasteiger partial charge in [0.15, 0.2) is 0 Å². The van der Waals surface area contributed by atoms with Gasteiger partial charge < -0.3 is 75.8 Å². The van der Waals surface area contributed by atoms with E-state index < -0.39 is 0 Å². The number of aryl methyl sites for hydroxylation is 4. The molecule has 0 unspecified atom stereocenters. The normalized spacial score (nSPS) is 17.8. The summed E-state index contributed by atoms with van der Waals surface area (Å²) in [6.45, 7) is 35.4. The van der Waals surface area contributed by atoms with E-state index in [-0.39, 0.29) is 88.9 Å². The van der Waals surface area contributed by atoms with Crippen molar-refractivity contribution in [1.82, 2.24) is 4.90 Å². The molecule has 79 heavy (non-hydrogen) atoms. The third-order valence-electron chi connectivity index (χ3n) is 14.3. The van der Waals surface area contributed by atoms with E-state index in [4.69, 9.17) is 27.9 Å². The largest absolute Gasteiger partial charge is 1.00 e. The molecule has 7 rings (SSSR count). The Labute approximate surface area is 534 Å². The maximum absolute atomic E-state index is 6.31. The zero-order chi connectivity index (χ0) is 59.5. The Morgan fingerprint density at radius 2 is 0.785 bits per heavy atom. The molecule has 3 saturated heterocycles. The molecule has 0 aromatic heterocycles. The summed E-state index contributed by atoms with van der Waals surface area (Å²) in [6, 6.07) is 25.9. The molecule has 0 atom stereocenters. The van der Waals surface area contributed by atoms with Crippen LogP contribution in [-0.4, -0.2) is 140 Å². The van der Waals surface area contributed by atoms with Crippen molar-refractivity contribution < 1.29 is 70.9 Å². The standard InChI is InChI=1S/C20H37BN2O2.C14H19BBr2O2.C14H21BO2.C8H9Br.C3H9N.BHNS.2BrH/c1-19(2)20(3,4)25-21(24-19)18-12-11-16(14-22(5,6)7)13-17(18)15-23(8,9)10;1-13(2)14(3,4)19-15(18-13)12-6-5-10(8-16)7-11(12)9-17;1-10-7-8-12(11(2)9-10)15-16-13(3,4)14(5,6)17-15;1-6-3-4-8(9)7(2)5-6;1-4(2)3;1-2-3;;/h11-13H,14-15H2,1-10H3;5-7H,8-9H2,1-4H3;7-9H,1-6H3;3-5H,1-2H3;1-3H3;3H;2*1H/q+2;;;;;;;/p-2. The number of hydrogen-bond acceptors (Lipinski definition) is 9. The SMILES string of the molecule is CC1(C)OB(c2ccc(CBr)cc2CBr)OC1(C)C.CC1(C)OB(c2ccc(C[N+](C)(C)C)cc2C[N+](C)(C)C)OC1(C)C.CN(C)C.Cc1ccc(B2OC(C)(C)C(C)(C)O2)c(C)c1.Cc1ccc(Br)c(C)c1.[B]=NS.[Br-].[Br-]. The minimum Gasteiger partial charge on any atom is -1.00 e. The molecule has 4 aromatic carbocycles. The van der Waals surface area contributed by atoms with Gasteiger partial charge in [-0.15, -0.1) is 0 Å². The van der Waals surface area contributed by atoms with E-state index in [0.717, 1.165) is 49.1 Å². The second kappa shape index (κ2) is 32.2. The first-order valence-electron chi connectivity index (χ1n) is 26.5. The maximum Gasteiger partial charge on any atom is -1.00 e. The Kier molecular flexibility index (Phi) is 31.9. The van der Waals surface area contributed by atoms with Crippen molar-refractivity contribution in [2.45, 2.75) is 168 Å². The molecular weight excluding hydrogens is 1340 g/mol. The Hall–Kier alpha value is -0.670. The van der Waals surface area contributed by atoms with Crippen LogP contribution in [0.25, 0.3) is 0 Å². The van der Waals surface area contributed by atoms with Crippen LogP contribution in [0.4, 0.5) is 0 Å². The first-order valence-corrected chi connectivity index (χ1v) is 29.9. The molecular formula is C59H96B4Br5N4O6S. The molecule has 10 nitrogen and oxygen atoms in total. The van der Waals surface area contributed by atoms with Crippen LogP contribution in [0.2, 0.25) is 0 Å². The van der Waals surface area contributed by atoms with Gasteiger partial charge in [0.2, 0.25) is 0 Å². The van der Waals surface area contributed by atoms with Gasteiger partial charge in [-0.25, -0.2) is 0 Å². The van der Waals surface area contributed by atoms with Crippen LogP contribution in [-0.2, 0) is 51.7 Å². The second-order valence-electron chi connectivity index (χ2n) is 26.1. The third kappa shape index (κ3) is 24.3. The van der Waals surface area contributed by atoms with Gasteiger partial charge in [-0.3, -0.25) is 0 Å². The number of halogens is 5. The van der Waals surface area contributed by atoms with Crippen molar-refractivity contribution in [3.63, 3.8) is 0 Å². The Morgan fingerprint density at radius 1 is 0.481 bits per heavy atom. The van der Waals surface area contributed by atoms with E-state index in [1.165, 1.54) is 49.0 Å². The molecule has 3 heterocycles. The van der Waals surface area contributed by atoms with Gasteiger partial charge in [-0.1, -0.05) is 125 Å². The van der Waals surface area contributed by atoms with Crippen LogP contribution in [0, 0.1) is 27.7 Å². The van der Waals surface area contributed by atoms with Gasteiger partial charge in [-0.2, -0.15) is 0 Å². The zero-order valence-corrected chi connectivity index (χ0v) is 61.5. The van der Waals surface area contributed by atoms with Crippen molar-refractivity contribution in [2.24, 2.45) is 4.30 Å². The van der Waals surface area contributed by atoms with Crippen molar-refractivity contribution in [2.75, 3.05) is 63.4 Å². The summed E-state index contributed by atoms with van der Waals surface area (Å²) in [7, 11) is 22.8. The predicted molar refractivity (Wildman–Crippen MR) is 345 cm³/mol. The molecule has 0 amide bonds. The van der Waals surface area contributed by atoms with Crippen LogP contribution in [0.3, 0.4) is 0 Å². The fraction of sp³-hybridized carbons (Fsp3) is 0.593. The number of hydrogen-bond donors (Lipinski definition) is 1. The van der Waals surface area contributed by atoms with Gasteiger partial charge >= 0.3 is 46.1 Å². The van der Waals surface area contributed by atoms with Gasteiger partial charge in [0.1, 0.15) is 13.1 Å². The fourth-order valence-electron chi connectivity index (χ4n) is 8.07. The first-order chi connectivity index (χ1) is 35.0. The van der Waals surface area contributed by atoms with Crippen LogP contribution in [0.5, 0.6) is 0 Å². The molecule has 3 aliphatic heterocycles. The van der Waals surface area contributed by atoms with Crippen LogP contribution in [0.1, 0.15) is 128 Å². The first kappa shape index (κ1) is 78.3. The van der Waals surface area contributed by atoms with Gasteiger partial charge in [0.05, 0.1) is 75.9 Å². The predicted octanol–water partition coefficient (Wildman–Crippen LogP) is 6.21. The van der Waals surface area contributed by atoms with E-state index in [0.29, 0.717) is 0 Å². The fourth-order valence-corrected chi connectivity index (χ4v) is 9.15. The molecule has 441 valence electrons. The van der Waals surface area contributed by atoms with Gasteiger partial charge in [-0.05, 0) is 177 Å². The quantitative estimate of drug-likeness (QED) is 0.0927. The number of quaternary nitrogens is 2. The van der Waals surface area contributed by atoms with E-state index in [2.05, 4.69) is 298 Å². The average molecular weight is 1430 g/mol. The molecule has 0 bridgehead atoms. The van der Waals surface area contributed by atoms with Crippen LogP contribution < -0.4 is 50.4 Å². The summed E-state index contributed by atoms with van der Waals surface area (Å²) >= 11 is 13.7. The van der Waals surface area contributed by atoms with Gasteiger partial charge in [0.25, 0.3) is 0 Å². The van der Waals surface area contributed by atoms with E-state index in [1.807, 2.05) is 26.0 Å². The molecule has 0 N–H and O–H groups in total. The van der Waals surface area contributed by atoms with Crippen molar-refractivity contribution in [1.29, 1.82) is 0 Å². The third-order valence-corrected chi connectivity index (χ3v) is 16.4. The minimum atomic E-state index is -0.313. The van der Waals surface area contributed by atoms with Crippen molar-refractivity contribution >= 4 is 106 Å². The molecule has 0 spiro atoms. The number of nitrogens with zero attached hydrogens (tertiary/aromatic N) is 4. The number of alkyl halides is 2. The molecule has 3 aliphatic rings. The smallest absolute Gasteiger partial charge is 1.00 e. The van der Waals surface area contributed by atoms with Crippen molar-refractivity contribution in [3.8, 4) is 0 Å². The zero-order valence-electron chi connectivity index (χ0n) is 52.6. The summed E-state index contributed by atoms with van der Waals surface area (Å²) in [5.41, 5.74) is 11.9. The van der Waals surface area contributed by atoms with Gasteiger partial charge in [0, 0.05) is 26.3 Å². The summed E-state index contributed by atoms with van der Waals surface area (Å²) in [4.78, 5) is 2.00. The van der Waals surface area contributed by atoms with E-state index in [9.17, 15) is 0 Å². The topological polar surface area (TPSA) is 71.0 Å². The molecule has 1 radical (unpaired) electrons. The second-order valence-corrected chi connectivity index (χ2v) is 28.3. The molecule has 0 saturated carbocycles. The number of benzene rings is 4. The Balaban J connectivity index is 0.00000101. The number of rotatable bonds is 9. The van der Waals surface area contributed by atoms with Crippen LogP contribution in [0.15, 0.2) is 81.6 Å². The van der Waals surface area contributed by atoms with Crippen LogP contribution >= 0.6 is 60.6 Å². The molecule has 4 aromatic rings. The average Bonchev–Trinajstić information content (AvgIpc) is 3.73. The maximum atomic E-state index is 6.31. The Bertz CT molecular complexity index is 2490. The molecule has 0 aliphatic carbocycles. The summed E-state index contributed by atoms with van der Waals surface area (Å²) in [6.07, 6.45) is 0. The summed E-state index contributed by atoms with van der Waals surface area (Å²) in [5.74, 6) is 0. The number of thiol groups is 1.